The maximum absolute atomic E-state index is 11.5. The zero-order chi connectivity index (χ0) is 13.1. The fourth-order valence-electron chi connectivity index (χ4n) is 1.82. The molecule has 2 amide bonds. The number of primary amides is 1. The standard InChI is InChI=1S/C12H14N4O2/c1-2-14-10(17)7-16-9-6-4-3-5-8(9)11(15-16)12(13)18/h3-6H,2,7H2,1H3,(H2,13,18)(H,14,17). The highest BCUT2D eigenvalue weighted by atomic mass is 16.2. The highest BCUT2D eigenvalue weighted by Gasteiger charge is 2.15. The second-order valence-electron chi connectivity index (χ2n) is 3.84. The van der Waals surface area contributed by atoms with Crippen LogP contribution in [0.5, 0.6) is 0 Å². The summed E-state index contributed by atoms with van der Waals surface area (Å²) in [5.74, 6) is -0.748. The molecule has 0 saturated heterocycles. The number of carbonyl (C=O) groups is 2. The topological polar surface area (TPSA) is 90.0 Å². The molecule has 1 aromatic carbocycles. The number of hydrogen-bond acceptors (Lipinski definition) is 3. The van der Waals surface area contributed by atoms with Crippen LogP contribution in [0.3, 0.4) is 0 Å². The van der Waals surface area contributed by atoms with E-state index in [1.807, 2.05) is 13.0 Å². The van der Waals surface area contributed by atoms with Gasteiger partial charge in [-0.1, -0.05) is 18.2 Å². The molecule has 0 fully saturated rings. The lowest BCUT2D eigenvalue weighted by Crippen LogP contribution is -2.27. The van der Waals surface area contributed by atoms with Crippen LogP contribution in [0, 0.1) is 0 Å². The summed E-state index contributed by atoms with van der Waals surface area (Å²) in [6.07, 6.45) is 0. The van der Waals surface area contributed by atoms with Gasteiger partial charge in [0.25, 0.3) is 5.91 Å². The van der Waals surface area contributed by atoms with E-state index >= 15 is 0 Å². The highest BCUT2D eigenvalue weighted by Crippen LogP contribution is 2.17. The van der Waals surface area contributed by atoms with Crippen molar-refractivity contribution in [2.45, 2.75) is 13.5 Å². The van der Waals surface area contributed by atoms with E-state index in [9.17, 15) is 9.59 Å². The van der Waals surface area contributed by atoms with Crippen molar-refractivity contribution in [1.82, 2.24) is 15.1 Å². The van der Waals surface area contributed by atoms with Crippen LogP contribution in [0.2, 0.25) is 0 Å². The third-order valence-corrected chi connectivity index (χ3v) is 2.56. The van der Waals surface area contributed by atoms with Crippen LogP contribution in [0.1, 0.15) is 17.4 Å². The first kappa shape index (κ1) is 12.1. The SMILES string of the molecule is CCNC(=O)Cn1nc(C(N)=O)c2ccccc21. The summed E-state index contributed by atoms with van der Waals surface area (Å²) in [5, 5.41) is 7.43. The van der Waals surface area contributed by atoms with Crippen LogP contribution in [-0.2, 0) is 11.3 Å². The van der Waals surface area contributed by atoms with Crippen LogP contribution >= 0.6 is 0 Å². The maximum atomic E-state index is 11.5. The first-order chi connectivity index (χ1) is 8.63. The Kier molecular flexibility index (Phi) is 3.27. The molecule has 6 heteroatoms. The van der Waals surface area contributed by atoms with Gasteiger partial charge in [0.2, 0.25) is 5.91 Å². The van der Waals surface area contributed by atoms with E-state index in [0.717, 1.165) is 5.52 Å². The zero-order valence-corrected chi connectivity index (χ0v) is 10.0. The van der Waals surface area contributed by atoms with Crippen molar-refractivity contribution in [1.29, 1.82) is 0 Å². The molecule has 0 atom stereocenters. The summed E-state index contributed by atoms with van der Waals surface area (Å²) in [6, 6.07) is 7.18. The Bertz CT molecular complexity index is 603. The lowest BCUT2D eigenvalue weighted by atomic mass is 10.2. The molecule has 18 heavy (non-hydrogen) atoms. The second kappa shape index (κ2) is 4.87. The van der Waals surface area contributed by atoms with Gasteiger partial charge in [-0.25, -0.2) is 0 Å². The number of likely N-dealkylation sites (N-methyl/N-ethyl adjacent to an activating group) is 1. The maximum Gasteiger partial charge on any atom is 0.269 e. The molecule has 2 aromatic rings. The smallest absolute Gasteiger partial charge is 0.269 e. The van der Waals surface area contributed by atoms with Crippen LogP contribution in [0.25, 0.3) is 10.9 Å². The fourth-order valence-corrected chi connectivity index (χ4v) is 1.82. The largest absolute Gasteiger partial charge is 0.364 e. The molecule has 1 heterocycles. The van der Waals surface area contributed by atoms with Gasteiger partial charge < -0.3 is 11.1 Å². The Morgan fingerprint density at radius 3 is 2.78 bits per heavy atom. The Morgan fingerprint density at radius 1 is 1.39 bits per heavy atom. The molecule has 0 aliphatic heterocycles. The highest BCUT2D eigenvalue weighted by molar-refractivity contribution is 6.04. The number of para-hydroxylation sites is 1. The summed E-state index contributed by atoms with van der Waals surface area (Å²) in [6.45, 7) is 2.47. The van der Waals surface area contributed by atoms with E-state index in [4.69, 9.17) is 5.73 Å². The minimum atomic E-state index is -0.596. The predicted octanol–water partition coefficient (Wildman–Crippen LogP) is 0.271. The average molecular weight is 246 g/mol. The number of aromatic nitrogens is 2. The molecule has 0 saturated carbocycles. The van der Waals surface area contributed by atoms with Gasteiger partial charge in [0.15, 0.2) is 5.69 Å². The molecular weight excluding hydrogens is 232 g/mol. The molecule has 3 N–H and O–H groups in total. The summed E-state index contributed by atoms with van der Waals surface area (Å²) >= 11 is 0. The number of rotatable bonds is 4. The molecule has 94 valence electrons. The van der Waals surface area contributed by atoms with Crippen molar-refractivity contribution in [3.63, 3.8) is 0 Å². The van der Waals surface area contributed by atoms with E-state index in [1.54, 1.807) is 18.2 Å². The van der Waals surface area contributed by atoms with E-state index in [0.29, 0.717) is 11.9 Å². The van der Waals surface area contributed by atoms with Gasteiger partial charge in [0.1, 0.15) is 6.54 Å². The van der Waals surface area contributed by atoms with Gasteiger partial charge in [-0.15, -0.1) is 0 Å². The number of hydrogen-bond donors (Lipinski definition) is 2. The Balaban J connectivity index is 2.45. The zero-order valence-electron chi connectivity index (χ0n) is 10.0. The van der Waals surface area contributed by atoms with Crippen molar-refractivity contribution in [2.75, 3.05) is 6.54 Å². The lowest BCUT2D eigenvalue weighted by Gasteiger charge is -2.03. The van der Waals surface area contributed by atoms with Crippen LogP contribution < -0.4 is 11.1 Å². The van der Waals surface area contributed by atoms with Gasteiger partial charge in [-0.3, -0.25) is 14.3 Å². The summed E-state index contributed by atoms with van der Waals surface area (Å²) in [7, 11) is 0. The quantitative estimate of drug-likeness (QED) is 0.811. The number of nitrogens with zero attached hydrogens (tertiary/aromatic N) is 2. The molecule has 0 radical (unpaired) electrons. The van der Waals surface area contributed by atoms with Crippen molar-refractivity contribution < 1.29 is 9.59 Å². The number of fused-ring (bicyclic) bond motifs is 1. The molecule has 0 aliphatic carbocycles. The van der Waals surface area contributed by atoms with Crippen molar-refractivity contribution in [2.24, 2.45) is 5.73 Å². The first-order valence-electron chi connectivity index (χ1n) is 5.65. The summed E-state index contributed by atoms with van der Waals surface area (Å²) in [4.78, 5) is 22.8. The average Bonchev–Trinajstić information content (AvgIpc) is 2.69. The molecule has 6 nitrogen and oxygen atoms in total. The molecule has 1 aromatic heterocycles. The summed E-state index contributed by atoms with van der Waals surface area (Å²) in [5.41, 5.74) is 6.18. The van der Waals surface area contributed by atoms with Gasteiger partial charge in [0.05, 0.1) is 5.52 Å². The lowest BCUT2D eigenvalue weighted by molar-refractivity contribution is -0.121. The second-order valence-corrected chi connectivity index (χ2v) is 3.84. The van der Waals surface area contributed by atoms with Crippen molar-refractivity contribution >= 4 is 22.7 Å². The first-order valence-corrected chi connectivity index (χ1v) is 5.65. The van der Waals surface area contributed by atoms with Crippen LogP contribution in [0.4, 0.5) is 0 Å². The molecule has 2 rings (SSSR count). The summed E-state index contributed by atoms with van der Waals surface area (Å²) < 4.78 is 1.49. The fraction of sp³-hybridized carbons (Fsp3) is 0.250. The van der Waals surface area contributed by atoms with Gasteiger partial charge in [-0.2, -0.15) is 5.10 Å². The number of nitrogens with two attached hydrogens (primary N) is 1. The molecule has 0 bridgehead atoms. The Labute approximate surface area is 104 Å². The Morgan fingerprint density at radius 2 is 2.11 bits per heavy atom. The Hall–Kier alpha value is -2.37. The normalized spacial score (nSPS) is 10.5. The van der Waals surface area contributed by atoms with E-state index in [1.165, 1.54) is 4.68 Å². The monoisotopic (exact) mass is 246 g/mol. The third-order valence-electron chi connectivity index (χ3n) is 2.56. The molecule has 0 unspecified atom stereocenters. The molecule has 0 aliphatic rings. The predicted molar refractivity (Wildman–Crippen MR) is 66.9 cm³/mol. The number of nitrogens with one attached hydrogen (secondary N) is 1. The minimum absolute atomic E-state index is 0.0711. The van der Waals surface area contributed by atoms with E-state index in [2.05, 4.69) is 10.4 Å². The van der Waals surface area contributed by atoms with Crippen LogP contribution in [0.15, 0.2) is 24.3 Å². The molecular formula is C12H14N4O2. The van der Waals surface area contributed by atoms with Gasteiger partial charge in [-0.05, 0) is 13.0 Å². The van der Waals surface area contributed by atoms with E-state index in [-0.39, 0.29) is 18.1 Å². The van der Waals surface area contributed by atoms with E-state index < -0.39 is 5.91 Å². The van der Waals surface area contributed by atoms with Crippen molar-refractivity contribution in [3.05, 3.63) is 30.0 Å². The van der Waals surface area contributed by atoms with Gasteiger partial charge >= 0.3 is 0 Å². The van der Waals surface area contributed by atoms with Gasteiger partial charge in [0, 0.05) is 11.9 Å². The van der Waals surface area contributed by atoms with Crippen molar-refractivity contribution in [3.8, 4) is 0 Å². The number of benzene rings is 1. The van der Waals surface area contributed by atoms with Crippen LogP contribution in [-0.4, -0.2) is 28.1 Å². The third kappa shape index (κ3) is 2.17. The number of amides is 2. The number of carbonyl (C=O) groups excluding carboxylic acids is 2. The molecule has 0 spiro atoms. The minimum Gasteiger partial charge on any atom is -0.364 e.